The van der Waals surface area contributed by atoms with Crippen molar-refractivity contribution in [2.24, 2.45) is 0 Å². The van der Waals surface area contributed by atoms with Crippen LogP contribution in [-0.4, -0.2) is 23.6 Å². The van der Waals surface area contributed by atoms with Gasteiger partial charge < -0.3 is 5.32 Å². The fourth-order valence-corrected chi connectivity index (χ4v) is 3.55. The molecule has 1 rings (SSSR count). The Morgan fingerprint density at radius 3 is 2.77 bits per heavy atom. The molecule has 1 N–H and O–H groups in total. The van der Waals surface area contributed by atoms with Crippen LogP contribution < -0.4 is 5.32 Å². The number of hydrogen-bond acceptors (Lipinski definition) is 2. The number of nitrogens with one attached hydrogen (secondary N) is 1. The molecule has 1 saturated heterocycles. The molecule has 1 nitrogen and oxygen atoms in total. The summed E-state index contributed by atoms with van der Waals surface area (Å²) in [7, 11) is 0. The van der Waals surface area contributed by atoms with Crippen LogP contribution in [0.4, 0.5) is 0 Å². The number of rotatable bonds is 5. The van der Waals surface area contributed by atoms with E-state index in [1.54, 1.807) is 0 Å². The highest BCUT2D eigenvalue weighted by Gasteiger charge is 2.22. The number of thioether (sulfide) groups is 1. The highest BCUT2D eigenvalue weighted by molar-refractivity contribution is 8.00. The van der Waals surface area contributed by atoms with E-state index < -0.39 is 0 Å². The van der Waals surface area contributed by atoms with Gasteiger partial charge in [0.05, 0.1) is 0 Å². The van der Waals surface area contributed by atoms with Gasteiger partial charge in [0.1, 0.15) is 0 Å². The Kier molecular flexibility index (Phi) is 5.88. The molecule has 2 heteroatoms. The third-order valence-corrected chi connectivity index (χ3v) is 4.25. The minimum absolute atomic E-state index is 0.778. The first-order valence-electron chi connectivity index (χ1n) is 5.73. The average molecular weight is 201 g/mol. The zero-order valence-electron chi connectivity index (χ0n) is 9.01. The van der Waals surface area contributed by atoms with Crippen LogP contribution in [0.5, 0.6) is 0 Å². The molecule has 1 heterocycles. The lowest BCUT2D eigenvalue weighted by Gasteiger charge is -2.30. The van der Waals surface area contributed by atoms with E-state index in [-0.39, 0.29) is 0 Å². The van der Waals surface area contributed by atoms with E-state index in [1.165, 1.54) is 37.9 Å². The molecule has 2 atom stereocenters. The minimum Gasteiger partial charge on any atom is -0.313 e. The lowest BCUT2D eigenvalue weighted by atomic mass is 10.0. The zero-order valence-corrected chi connectivity index (χ0v) is 9.83. The Hall–Kier alpha value is 0.310. The molecule has 1 fully saturated rings. The van der Waals surface area contributed by atoms with Crippen LogP contribution in [0, 0.1) is 0 Å². The summed E-state index contributed by atoms with van der Waals surface area (Å²) >= 11 is 2.19. The molecule has 0 aromatic rings. The number of hydrogen-bond donors (Lipinski definition) is 1. The van der Waals surface area contributed by atoms with Crippen molar-refractivity contribution in [2.45, 2.75) is 57.2 Å². The summed E-state index contributed by atoms with van der Waals surface area (Å²) in [6.07, 6.45) is 6.98. The van der Waals surface area contributed by atoms with Crippen molar-refractivity contribution in [1.29, 1.82) is 0 Å². The maximum atomic E-state index is 3.63. The Morgan fingerprint density at radius 1 is 1.38 bits per heavy atom. The molecular formula is C11H23NS. The molecule has 1 aliphatic heterocycles. The zero-order chi connectivity index (χ0) is 9.52. The summed E-state index contributed by atoms with van der Waals surface area (Å²) in [6, 6.07) is 0.778. The van der Waals surface area contributed by atoms with Crippen molar-refractivity contribution in [1.82, 2.24) is 5.32 Å². The van der Waals surface area contributed by atoms with Crippen molar-refractivity contribution in [3.05, 3.63) is 0 Å². The molecule has 0 spiro atoms. The highest BCUT2D eigenvalue weighted by Crippen LogP contribution is 2.29. The molecule has 0 aromatic heterocycles. The molecule has 0 bridgehead atoms. The molecular weight excluding hydrogens is 178 g/mol. The minimum atomic E-state index is 0.778. The first-order valence-corrected chi connectivity index (χ1v) is 6.78. The van der Waals surface area contributed by atoms with Crippen LogP contribution in [-0.2, 0) is 0 Å². The third-order valence-electron chi connectivity index (χ3n) is 2.73. The Bertz CT molecular complexity index is 115. The molecule has 13 heavy (non-hydrogen) atoms. The summed E-state index contributed by atoms with van der Waals surface area (Å²) in [5, 5.41) is 4.53. The van der Waals surface area contributed by atoms with Crippen molar-refractivity contribution >= 4 is 11.8 Å². The summed E-state index contributed by atoms with van der Waals surface area (Å²) in [5.41, 5.74) is 0. The van der Waals surface area contributed by atoms with Gasteiger partial charge in [0.15, 0.2) is 0 Å². The first-order chi connectivity index (χ1) is 6.38. The van der Waals surface area contributed by atoms with Crippen LogP contribution in [0.3, 0.4) is 0 Å². The van der Waals surface area contributed by atoms with Crippen molar-refractivity contribution < 1.29 is 0 Å². The smallest absolute Gasteiger partial charge is 0.0201 e. The van der Waals surface area contributed by atoms with Gasteiger partial charge in [-0.3, -0.25) is 0 Å². The summed E-state index contributed by atoms with van der Waals surface area (Å²) in [6.45, 7) is 5.63. The van der Waals surface area contributed by atoms with Crippen LogP contribution in [0.25, 0.3) is 0 Å². The van der Waals surface area contributed by atoms with E-state index in [0.29, 0.717) is 0 Å². The van der Waals surface area contributed by atoms with Crippen molar-refractivity contribution in [3.63, 3.8) is 0 Å². The Labute approximate surface area is 87.1 Å². The van der Waals surface area contributed by atoms with Gasteiger partial charge in [-0.2, -0.15) is 11.8 Å². The lowest BCUT2D eigenvalue weighted by Crippen LogP contribution is -2.39. The normalized spacial score (nSPS) is 25.8. The standard InChI is InChI=1S/C11H23NS/c1-3-7-10(12-4-2)11-8-5-6-9-13-11/h10-12H,3-9H2,1-2H3. The van der Waals surface area contributed by atoms with E-state index in [0.717, 1.165) is 17.8 Å². The van der Waals surface area contributed by atoms with Gasteiger partial charge in [0.25, 0.3) is 0 Å². The fourth-order valence-electron chi connectivity index (χ4n) is 2.08. The fraction of sp³-hybridized carbons (Fsp3) is 1.00. The summed E-state index contributed by atoms with van der Waals surface area (Å²) in [4.78, 5) is 0. The maximum Gasteiger partial charge on any atom is 0.0201 e. The molecule has 1 aliphatic rings. The van der Waals surface area contributed by atoms with E-state index in [2.05, 4.69) is 30.9 Å². The van der Waals surface area contributed by atoms with Crippen LogP contribution in [0.2, 0.25) is 0 Å². The predicted molar refractivity (Wildman–Crippen MR) is 62.5 cm³/mol. The van der Waals surface area contributed by atoms with Crippen LogP contribution in [0.1, 0.15) is 46.0 Å². The van der Waals surface area contributed by atoms with Crippen molar-refractivity contribution in [2.75, 3.05) is 12.3 Å². The van der Waals surface area contributed by atoms with E-state index >= 15 is 0 Å². The molecule has 0 saturated carbocycles. The topological polar surface area (TPSA) is 12.0 Å². The Morgan fingerprint density at radius 2 is 2.23 bits per heavy atom. The summed E-state index contributed by atoms with van der Waals surface area (Å²) in [5.74, 6) is 1.39. The van der Waals surface area contributed by atoms with Gasteiger partial charge >= 0.3 is 0 Å². The summed E-state index contributed by atoms with van der Waals surface area (Å²) < 4.78 is 0. The first kappa shape index (κ1) is 11.4. The SMILES string of the molecule is CCCC(NCC)C1CCCCS1. The largest absolute Gasteiger partial charge is 0.313 e. The van der Waals surface area contributed by atoms with E-state index in [4.69, 9.17) is 0 Å². The molecule has 0 radical (unpaired) electrons. The quantitative estimate of drug-likeness (QED) is 0.734. The van der Waals surface area contributed by atoms with Crippen LogP contribution >= 0.6 is 11.8 Å². The van der Waals surface area contributed by atoms with Gasteiger partial charge in [0.2, 0.25) is 0 Å². The molecule has 0 amide bonds. The second-order valence-corrected chi connectivity index (χ2v) is 5.20. The van der Waals surface area contributed by atoms with E-state index in [9.17, 15) is 0 Å². The second-order valence-electron chi connectivity index (χ2n) is 3.86. The van der Waals surface area contributed by atoms with Gasteiger partial charge in [-0.25, -0.2) is 0 Å². The monoisotopic (exact) mass is 201 g/mol. The molecule has 0 aliphatic carbocycles. The van der Waals surface area contributed by atoms with Gasteiger partial charge in [0, 0.05) is 11.3 Å². The van der Waals surface area contributed by atoms with Gasteiger partial charge in [-0.05, 0) is 31.6 Å². The van der Waals surface area contributed by atoms with Crippen LogP contribution in [0.15, 0.2) is 0 Å². The highest BCUT2D eigenvalue weighted by atomic mass is 32.2. The van der Waals surface area contributed by atoms with Crippen molar-refractivity contribution in [3.8, 4) is 0 Å². The Balaban J connectivity index is 2.32. The maximum absolute atomic E-state index is 3.63. The van der Waals surface area contributed by atoms with Gasteiger partial charge in [-0.15, -0.1) is 0 Å². The second kappa shape index (κ2) is 6.72. The molecule has 2 unspecified atom stereocenters. The lowest BCUT2D eigenvalue weighted by molar-refractivity contribution is 0.445. The molecule has 78 valence electrons. The average Bonchev–Trinajstić information content (AvgIpc) is 2.19. The third kappa shape index (κ3) is 3.90. The molecule has 0 aromatic carbocycles. The van der Waals surface area contributed by atoms with Gasteiger partial charge in [-0.1, -0.05) is 26.7 Å². The van der Waals surface area contributed by atoms with E-state index in [1.807, 2.05) is 0 Å². The predicted octanol–water partition coefficient (Wildman–Crippen LogP) is 3.05.